The molecule has 0 radical (unpaired) electrons. The van der Waals surface area contributed by atoms with Crippen LogP contribution in [0.15, 0.2) is 53.6 Å². The number of H-pyrrole nitrogens is 1. The molecule has 1 aromatic carbocycles. The number of likely N-dealkylation sites (tertiary alicyclic amines) is 1. The van der Waals surface area contributed by atoms with E-state index in [0.717, 1.165) is 54.1 Å². The lowest BCUT2D eigenvalue weighted by atomic mass is 9.98. The monoisotopic (exact) mass is 406 g/mol. The molecule has 1 aliphatic heterocycles. The van der Waals surface area contributed by atoms with E-state index in [1.807, 2.05) is 30.3 Å². The van der Waals surface area contributed by atoms with E-state index >= 15 is 0 Å². The lowest BCUT2D eigenvalue weighted by molar-refractivity contribution is 0.136. The van der Waals surface area contributed by atoms with Gasteiger partial charge >= 0.3 is 0 Å². The zero-order valence-electron chi connectivity index (χ0n) is 17.3. The summed E-state index contributed by atoms with van der Waals surface area (Å²) in [5, 5.41) is 0. The minimum Gasteiger partial charge on any atom is -0.497 e. The molecule has 7 heteroatoms. The fourth-order valence-electron chi connectivity index (χ4n) is 4.00. The first-order chi connectivity index (χ1) is 14.7. The van der Waals surface area contributed by atoms with Crippen molar-refractivity contribution in [2.45, 2.75) is 31.8 Å². The molecule has 0 unspecified atom stereocenters. The molecule has 0 amide bonds. The number of piperidine rings is 1. The fraction of sp³-hybridized carbons (Fsp3) is 0.348. The molecule has 0 bridgehead atoms. The molecule has 1 aliphatic rings. The third kappa shape index (κ3) is 4.36. The molecule has 4 rings (SSSR count). The number of hydrogen-bond donors (Lipinski definition) is 1. The predicted octanol–water partition coefficient (Wildman–Crippen LogP) is 3.58. The minimum absolute atomic E-state index is 0.0725. The Morgan fingerprint density at radius 3 is 2.83 bits per heavy atom. The van der Waals surface area contributed by atoms with Crippen molar-refractivity contribution in [3.05, 3.63) is 70.4 Å². The summed E-state index contributed by atoms with van der Waals surface area (Å²) in [6.07, 6.45) is 6.60. The third-order valence-corrected chi connectivity index (χ3v) is 5.52. The third-order valence-electron chi connectivity index (χ3n) is 5.52. The first-order valence-electron chi connectivity index (χ1n) is 10.1. The van der Waals surface area contributed by atoms with Crippen LogP contribution in [0.5, 0.6) is 11.5 Å². The van der Waals surface area contributed by atoms with Gasteiger partial charge in [0.05, 0.1) is 26.0 Å². The summed E-state index contributed by atoms with van der Waals surface area (Å²) in [7, 11) is 3.32. The number of hydrogen-bond acceptors (Lipinski definition) is 6. The average Bonchev–Trinajstić information content (AvgIpc) is 2.80. The summed E-state index contributed by atoms with van der Waals surface area (Å²) in [4.78, 5) is 26.6. The summed E-state index contributed by atoms with van der Waals surface area (Å²) >= 11 is 0. The van der Waals surface area contributed by atoms with Gasteiger partial charge in [-0.15, -0.1) is 0 Å². The van der Waals surface area contributed by atoms with Crippen LogP contribution in [0.4, 0.5) is 0 Å². The maximum Gasteiger partial charge on any atom is 0.251 e. The molecule has 156 valence electrons. The summed E-state index contributed by atoms with van der Waals surface area (Å²) in [6, 6.07) is 11.3. The van der Waals surface area contributed by atoms with Gasteiger partial charge in [0.25, 0.3) is 5.56 Å². The van der Waals surface area contributed by atoms with E-state index < -0.39 is 0 Å². The molecule has 0 aliphatic carbocycles. The highest BCUT2D eigenvalue weighted by molar-refractivity contribution is 5.52. The zero-order chi connectivity index (χ0) is 20.9. The average molecular weight is 406 g/mol. The quantitative estimate of drug-likeness (QED) is 0.674. The molecule has 30 heavy (non-hydrogen) atoms. The Labute approximate surface area is 175 Å². The van der Waals surface area contributed by atoms with Gasteiger partial charge in [0.2, 0.25) is 0 Å². The SMILES string of the molecule is COc1ccc(CN2CCCC[C@H]2c2cc(=O)[nH]c(-c3cccnc3)n2)c(OC)c1. The highest BCUT2D eigenvalue weighted by Gasteiger charge is 2.27. The molecule has 1 N–H and O–H groups in total. The summed E-state index contributed by atoms with van der Waals surface area (Å²) < 4.78 is 10.9. The Morgan fingerprint density at radius 1 is 1.17 bits per heavy atom. The number of ether oxygens (including phenoxy) is 2. The molecule has 7 nitrogen and oxygen atoms in total. The van der Waals surface area contributed by atoms with Crippen LogP contribution in [0.1, 0.15) is 36.6 Å². The van der Waals surface area contributed by atoms with Gasteiger partial charge in [-0.2, -0.15) is 0 Å². The highest BCUT2D eigenvalue weighted by Crippen LogP contribution is 2.34. The van der Waals surface area contributed by atoms with Crippen molar-refractivity contribution in [3.63, 3.8) is 0 Å². The molecule has 1 fully saturated rings. The molecular formula is C23H26N4O3. The van der Waals surface area contributed by atoms with Gasteiger partial charge in [0, 0.05) is 42.2 Å². The number of pyridine rings is 1. The van der Waals surface area contributed by atoms with E-state index in [-0.39, 0.29) is 11.6 Å². The second-order valence-corrected chi connectivity index (χ2v) is 7.42. The molecular weight excluding hydrogens is 380 g/mol. The Hall–Kier alpha value is -3.19. The maximum atomic E-state index is 12.4. The second kappa shape index (κ2) is 9.09. The predicted molar refractivity (Wildman–Crippen MR) is 115 cm³/mol. The molecule has 0 spiro atoms. The maximum absolute atomic E-state index is 12.4. The number of aromatic amines is 1. The van der Waals surface area contributed by atoms with Gasteiger partial charge in [-0.1, -0.05) is 12.5 Å². The lowest BCUT2D eigenvalue weighted by Crippen LogP contribution is -2.34. The van der Waals surface area contributed by atoms with E-state index in [9.17, 15) is 4.79 Å². The van der Waals surface area contributed by atoms with Crippen LogP contribution >= 0.6 is 0 Å². The largest absolute Gasteiger partial charge is 0.497 e. The molecule has 0 saturated carbocycles. The van der Waals surface area contributed by atoms with Crippen molar-refractivity contribution in [3.8, 4) is 22.9 Å². The molecule has 1 saturated heterocycles. The molecule has 1 atom stereocenters. The lowest BCUT2D eigenvalue weighted by Gasteiger charge is -2.35. The Bertz CT molecular complexity index is 1050. The molecule has 3 heterocycles. The first kappa shape index (κ1) is 20.1. The van der Waals surface area contributed by atoms with Crippen molar-refractivity contribution in [2.24, 2.45) is 0 Å². The zero-order valence-corrected chi connectivity index (χ0v) is 17.3. The number of benzene rings is 1. The highest BCUT2D eigenvalue weighted by atomic mass is 16.5. The van der Waals surface area contributed by atoms with E-state index in [0.29, 0.717) is 12.4 Å². The Kier molecular flexibility index (Phi) is 6.09. The fourth-order valence-corrected chi connectivity index (χ4v) is 4.00. The summed E-state index contributed by atoms with van der Waals surface area (Å²) in [5.74, 6) is 2.12. The van der Waals surface area contributed by atoms with Crippen LogP contribution in [0.2, 0.25) is 0 Å². The number of nitrogens with one attached hydrogen (secondary N) is 1. The van der Waals surface area contributed by atoms with E-state index in [4.69, 9.17) is 14.5 Å². The van der Waals surface area contributed by atoms with Crippen molar-refractivity contribution >= 4 is 0 Å². The van der Waals surface area contributed by atoms with Gasteiger partial charge < -0.3 is 14.5 Å². The Morgan fingerprint density at radius 2 is 2.07 bits per heavy atom. The number of methoxy groups -OCH3 is 2. The molecule has 2 aromatic heterocycles. The van der Waals surface area contributed by atoms with E-state index in [1.165, 1.54) is 0 Å². The standard InChI is InChI=1S/C23H26N4O3/c1-29-18-9-8-17(21(12-18)30-2)15-27-11-4-3-7-20(27)19-13-22(28)26-23(25-19)16-6-5-10-24-14-16/h5-6,8-10,12-14,20H,3-4,7,11,15H2,1-2H3,(H,25,26,28)/t20-/m0/s1. The van der Waals surface area contributed by atoms with Gasteiger partial charge in [-0.25, -0.2) is 4.98 Å². The van der Waals surface area contributed by atoms with Crippen LogP contribution in [0.3, 0.4) is 0 Å². The van der Waals surface area contributed by atoms with E-state index in [2.05, 4.69) is 14.9 Å². The van der Waals surface area contributed by atoms with Crippen LogP contribution < -0.4 is 15.0 Å². The minimum atomic E-state index is -0.147. The molecule has 3 aromatic rings. The number of nitrogens with zero attached hydrogens (tertiary/aromatic N) is 3. The topological polar surface area (TPSA) is 80.3 Å². The van der Waals surface area contributed by atoms with Crippen LogP contribution in [0.25, 0.3) is 11.4 Å². The Balaban J connectivity index is 1.65. The second-order valence-electron chi connectivity index (χ2n) is 7.42. The van der Waals surface area contributed by atoms with Crippen molar-refractivity contribution < 1.29 is 9.47 Å². The van der Waals surface area contributed by atoms with Gasteiger partial charge in [-0.3, -0.25) is 14.7 Å². The van der Waals surface area contributed by atoms with Crippen LogP contribution in [-0.4, -0.2) is 40.6 Å². The van der Waals surface area contributed by atoms with Gasteiger partial charge in [-0.05, 0) is 37.6 Å². The first-order valence-corrected chi connectivity index (χ1v) is 10.1. The van der Waals surface area contributed by atoms with Crippen molar-refractivity contribution in [1.29, 1.82) is 0 Å². The van der Waals surface area contributed by atoms with Crippen molar-refractivity contribution in [1.82, 2.24) is 19.9 Å². The number of aromatic nitrogens is 3. The van der Waals surface area contributed by atoms with Crippen LogP contribution in [-0.2, 0) is 6.54 Å². The van der Waals surface area contributed by atoms with Gasteiger partial charge in [0.1, 0.15) is 17.3 Å². The smallest absolute Gasteiger partial charge is 0.251 e. The summed E-state index contributed by atoms with van der Waals surface area (Å²) in [5.41, 5.74) is 2.54. The van der Waals surface area contributed by atoms with Crippen LogP contribution in [0, 0.1) is 0 Å². The van der Waals surface area contributed by atoms with E-state index in [1.54, 1.807) is 32.7 Å². The van der Waals surface area contributed by atoms with Crippen molar-refractivity contribution in [2.75, 3.05) is 20.8 Å². The number of rotatable bonds is 6. The van der Waals surface area contributed by atoms with Gasteiger partial charge in [0.15, 0.2) is 0 Å². The normalized spacial score (nSPS) is 16.9. The summed E-state index contributed by atoms with van der Waals surface area (Å²) in [6.45, 7) is 1.66.